The Morgan fingerprint density at radius 3 is 2.55 bits per heavy atom. The van der Waals surface area contributed by atoms with Crippen molar-refractivity contribution in [2.24, 2.45) is 0 Å². The molecule has 1 aromatic heterocycles. The molecule has 1 N–H and O–H groups in total. The summed E-state index contributed by atoms with van der Waals surface area (Å²) >= 11 is 0. The lowest BCUT2D eigenvalue weighted by Crippen LogP contribution is -2.47. The molecule has 114 valence electrons. The number of hydrogen-bond acceptors (Lipinski definition) is 4. The van der Waals surface area contributed by atoms with Gasteiger partial charge >= 0.3 is 0 Å². The van der Waals surface area contributed by atoms with Gasteiger partial charge in [0.15, 0.2) is 0 Å². The quantitative estimate of drug-likeness (QED) is 0.887. The van der Waals surface area contributed by atoms with Gasteiger partial charge in [-0.25, -0.2) is 4.68 Å². The summed E-state index contributed by atoms with van der Waals surface area (Å²) < 4.78 is 1.34. The fourth-order valence-corrected chi connectivity index (χ4v) is 2.46. The van der Waals surface area contributed by atoms with Crippen LogP contribution in [0.25, 0.3) is 0 Å². The topological polar surface area (TPSA) is 67.2 Å². The lowest BCUT2D eigenvalue weighted by Gasteiger charge is -2.27. The highest BCUT2D eigenvalue weighted by molar-refractivity contribution is 5.92. The number of carbonyl (C=O) groups is 1. The number of rotatable bonds is 3. The highest BCUT2D eigenvalue weighted by atomic mass is 16.2. The lowest BCUT2D eigenvalue weighted by atomic mass is 10.2. The van der Waals surface area contributed by atoms with Crippen molar-refractivity contribution in [1.29, 1.82) is 0 Å². The van der Waals surface area contributed by atoms with Crippen molar-refractivity contribution in [3.05, 3.63) is 64.1 Å². The van der Waals surface area contributed by atoms with E-state index in [9.17, 15) is 9.59 Å². The first-order valence-corrected chi connectivity index (χ1v) is 7.36. The summed E-state index contributed by atoms with van der Waals surface area (Å²) in [6.07, 6.45) is 0. The summed E-state index contributed by atoms with van der Waals surface area (Å²) in [5.74, 6) is -0.122. The molecular formula is C16H18N4O2. The Labute approximate surface area is 128 Å². The molecule has 22 heavy (non-hydrogen) atoms. The van der Waals surface area contributed by atoms with Crippen LogP contribution in [-0.2, 0) is 6.54 Å². The first-order chi connectivity index (χ1) is 10.7. The van der Waals surface area contributed by atoms with Crippen LogP contribution >= 0.6 is 0 Å². The van der Waals surface area contributed by atoms with Gasteiger partial charge in [0.2, 0.25) is 0 Å². The molecule has 0 aliphatic carbocycles. The van der Waals surface area contributed by atoms with E-state index in [4.69, 9.17) is 0 Å². The number of nitrogens with zero attached hydrogens (tertiary/aromatic N) is 3. The van der Waals surface area contributed by atoms with E-state index in [1.807, 2.05) is 30.3 Å². The summed E-state index contributed by atoms with van der Waals surface area (Å²) in [7, 11) is 0. The van der Waals surface area contributed by atoms with Crippen molar-refractivity contribution in [3.63, 3.8) is 0 Å². The highest BCUT2D eigenvalue weighted by Crippen LogP contribution is 2.03. The molecule has 6 heteroatoms. The molecule has 1 saturated heterocycles. The fourth-order valence-electron chi connectivity index (χ4n) is 2.46. The number of amides is 1. The van der Waals surface area contributed by atoms with Crippen LogP contribution in [0.1, 0.15) is 16.1 Å². The van der Waals surface area contributed by atoms with Gasteiger partial charge in [-0.2, -0.15) is 5.10 Å². The van der Waals surface area contributed by atoms with Crippen LogP contribution in [0, 0.1) is 0 Å². The van der Waals surface area contributed by atoms with Gasteiger partial charge in [-0.3, -0.25) is 9.59 Å². The van der Waals surface area contributed by atoms with Crippen LogP contribution < -0.4 is 10.9 Å². The zero-order valence-corrected chi connectivity index (χ0v) is 12.2. The minimum absolute atomic E-state index is 0.122. The number of benzene rings is 1. The summed E-state index contributed by atoms with van der Waals surface area (Å²) in [6, 6.07) is 12.5. The maximum atomic E-state index is 12.4. The number of hydrogen-bond donors (Lipinski definition) is 1. The molecule has 1 aliphatic rings. The molecule has 0 saturated carbocycles. The van der Waals surface area contributed by atoms with Gasteiger partial charge in [0, 0.05) is 32.2 Å². The third-order valence-electron chi connectivity index (χ3n) is 3.67. The van der Waals surface area contributed by atoms with Crippen molar-refractivity contribution in [1.82, 2.24) is 20.0 Å². The Bertz CT molecular complexity index is 706. The zero-order chi connectivity index (χ0) is 15.4. The molecule has 6 nitrogen and oxygen atoms in total. The molecule has 0 spiro atoms. The predicted molar refractivity (Wildman–Crippen MR) is 82.8 cm³/mol. The highest BCUT2D eigenvalue weighted by Gasteiger charge is 2.19. The molecule has 1 amide bonds. The van der Waals surface area contributed by atoms with E-state index < -0.39 is 0 Å². The van der Waals surface area contributed by atoms with E-state index in [2.05, 4.69) is 10.4 Å². The summed E-state index contributed by atoms with van der Waals surface area (Å²) in [4.78, 5) is 26.1. The number of nitrogens with one attached hydrogen (secondary N) is 1. The monoisotopic (exact) mass is 298 g/mol. The second-order valence-corrected chi connectivity index (χ2v) is 5.24. The molecule has 3 rings (SSSR count). The fraction of sp³-hybridized carbons (Fsp3) is 0.312. The third kappa shape index (κ3) is 3.23. The molecule has 1 aliphatic heterocycles. The van der Waals surface area contributed by atoms with Gasteiger partial charge in [-0.15, -0.1) is 0 Å². The van der Waals surface area contributed by atoms with Gasteiger partial charge in [0.05, 0.1) is 6.54 Å². The second-order valence-electron chi connectivity index (χ2n) is 5.24. The molecule has 1 aromatic carbocycles. The largest absolute Gasteiger partial charge is 0.335 e. The van der Waals surface area contributed by atoms with Gasteiger partial charge in [-0.05, 0) is 11.6 Å². The molecule has 0 atom stereocenters. The van der Waals surface area contributed by atoms with Crippen molar-refractivity contribution < 1.29 is 4.79 Å². The van der Waals surface area contributed by atoms with Gasteiger partial charge in [0.1, 0.15) is 5.69 Å². The van der Waals surface area contributed by atoms with E-state index >= 15 is 0 Å². The van der Waals surface area contributed by atoms with E-state index in [0.717, 1.165) is 18.7 Å². The number of piperazine rings is 1. The maximum Gasteiger partial charge on any atom is 0.274 e. The molecule has 0 bridgehead atoms. The molecule has 2 aromatic rings. The average Bonchev–Trinajstić information content (AvgIpc) is 2.58. The van der Waals surface area contributed by atoms with Crippen LogP contribution in [0.4, 0.5) is 0 Å². The van der Waals surface area contributed by atoms with Gasteiger partial charge in [0.25, 0.3) is 11.5 Å². The van der Waals surface area contributed by atoms with Crippen LogP contribution in [0.3, 0.4) is 0 Å². The van der Waals surface area contributed by atoms with Crippen molar-refractivity contribution in [2.45, 2.75) is 6.54 Å². The Kier molecular flexibility index (Phi) is 4.29. The van der Waals surface area contributed by atoms with E-state index in [1.54, 1.807) is 4.90 Å². The van der Waals surface area contributed by atoms with Crippen LogP contribution in [0.15, 0.2) is 47.3 Å². The zero-order valence-electron chi connectivity index (χ0n) is 12.2. The second kappa shape index (κ2) is 6.53. The molecular weight excluding hydrogens is 280 g/mol. The first-order valence-electron chi connectivity index (χ1n) is 7.36. The van der Waals surface area contributed by atoms with Crippen LogP contribution in [0.5, 0.6) is 0 Å². The van der Waals surface area contributed by atoms with E-state index in [0.29, 0.717) is 25.3 Å². The lowest BCUT2D eigenvalue weighted by molar-refractivity contribution is 0.0727. The number of aromatic nitrogens is 2. The van der Waals surface area contributed by atoms with Crippen molar-refractivity contribution in [3.8, 4) is 0 Å². The molecule has 0 unspecified atom stereocenters. The Balaban J connectivity index is 1.83. The van der Waals surface area contributed by atoms with E-state index in [-0.39, 0.29) is 11.5 Å². The minimum Gasteiger partial charge on any atom is -0.335 e. The first kappa shape index (κ1) is 14.5. The van der Waals surface area contributed by atoms with Crippen molar-refractivity contribution in [2.75, 3.05) is 26.2 Å². The summed E-state index contributed by atoms with van der Waals surface area (Å²) in [5, 5.41) is 7.44. The normalized spacial score (nSPS) is 14.8. The smallest absolute Gasteiger partial charge is 0.274 e. The Morgan fingerprint density at radius 1 is 1.09 bits per heavy atom. The minimum atomic E-state index is -0.208. The van der Waals surface area contributed by atoms with Crippen molar-refractivity contribution >= 4 is 5.91 Å². The average molecular weight is 298 g/mol. The Hall–Kier alpha value is -2.47. The predicted octanol–water partition coefficient (Wildman–Crippen LogP) is 0.337. The van der Waals surface area contributed by atoms with E-state index in [1.165, 1.54) is 16.8 Å². The standard InChI is InChI=1S/C16H18N4O2/c21-15-7-6-14(16(22)19-10-8-17-9-11-19)18-20(15)12-13-4-2-1-3-5-13/h1-7,17H,8-12H2. The molecule has 2 heterocycles. The number of carbonyl (C=O) groups excluding carboxylic acids is 1. The molecule has 1 fully saturated rings. The summed E-state index contributed by atoms with van der Waals surface area (Å²) in [5.41, 5.74) is 1.09. The van der Waals surface area contributed by atoms with Crippen LogP contribution in [-0.4, -0.2) is 46.8 Å². The van der Waals surface area contributed by atoms with Gasteiger partial charge in [-0.1, -0.05) is 30.3 Å². The SMILES string of the molecule is O=C(c1ccc(=O)n(Cc2ccccc2)n1)N1CCNCC1. The Morgan fingerprint density at radius 2 is 1.82 bits per heavy atom. The van der Waals surface area contributed by atoms with Crippen LogP contribution in [0.2, 0.25) is 0 Å². The van der Waals surface area contributed by atoms with Gasteiger partial charge < -0.3 is 10.2 Å². The third-order valence-corrected chi connectivity index (χ3v) is 3.67. The molecule has 0 radical (unpaired) electrons. The maximum absolute atomic E-state index is 12.4. The summed E-state index contributed by atoms with van der Waals surface area (Å²) in [6.45, 7) is 3.27.